The molecule has 1 amide bonds. The molecule has 0 fully saturated rings. The maximum Gasteiger partial charge on any atom is 0.265 e. The van der Waals surface area contributed by atoms with Gasteiger partial charge in [0.1, 0.15) is 0 Å². The number of nitrogens with zero attached hydrogens (tertiary/aromatic N) is 1. The Morgan fingerprint density at radius 1 is 1.21 bits per heavy atom. The first kappa shape index (κ1) is 21.3. The fourth-order valence-corrected chi connectivity index (χ4v) is 2.69. The van der Waals surface area contributed by atoms with Crippen molar-refractivity contribution in [1.82, 2.24) is 0 Å². The molecule has 0 saturated heterocycles. The minimum atomic E-state index is -0.251. The van der Waals surface area contributed by atoms with Gasteiger partial charge in [0.05, 0.1) is 19.4 Å². The Labute approximate surface area is 166 Å². The third kappa shape index (κ3) is 6.01. The lowest BCUT2D eigenvalue weighted by Crippen LogP contribution is -2.18. The molecule has 0 bridgehead atoms. The standard InChI is InChI=1S/C22H28N2O4/c1-6-18-9-7-8-16(4)22(18)24-21(25)14-27-23-13-17-10-11-19(28-15(2)3)20(12-17)26-5/h7-13,15H,6,14H2,1-5H3,(H,24,25)/b23-13-. The van der Waals surface area contributed by atoms with Gasteiger partial charge in [0.15, 0.2) is 18.1 Å². The van der Waals surface area contributed by atoms with Gasteiger partial charge in [0.2, 0.25) is 0 Å². The van der Waals surface area contributed by atoms with Gasteiger partial charge in [0, 0.05) is 11.3 Å². The first-order valence-corrected chi connectivity index (χ1v) is 9.33. The highest BCUT2D eigenvalue weighted by atomic mass is 16.6. The average Bonchev–Trinajstić information content (AvgIpc) is 2.67. The van der Waals surface area contributed by atoms with Gasteiger partial charge < -0.3 is 19.6 Å². The SMILES string of the molecule is CCc1cccc(C)c1NC(=O)CO/N=C\c1ccc(OC(C)C)c(OC)c1. The number of methoxy groups -OCH3 is 1. The molecule has 0 heterocycles. The summed E-state index contributed by atoms with van der Waals surface area (Å²) in [6, 6.07) is 11.4. The number of rotatable bonds is 9. The number of amides is 1. The van der Waals surface area contributed by atoms with Crippen molar-refractivity contribution in [3.05, 3.63) is 53.1 Å². The van der Waals surface area contributed by atoms with E-state index < -0.39 is 0 Å². The lowest BCUT2D eigenvalue weighted by Gasteiger charge is -2.13. The number of nitrogens with one attached hydrogen (secondary N) is 1. The zero-order valence-electron chi connectivity index (χ0n) is 17.1. The summed E-state index contributed by atoms with van der Waals surface area (Å²) >= 11 is 0. The van der Waals surface area contributed by atoms with Gasteiger partial charge >= 0.3 is 0 Å². The third-order valence-corrected chi connectivity index (χ3v) is 4.03. The molecule has 2 rings (SSSR count). The molecule has 0 aromatic heterocycles. The molecule has 6 heteroatoms. The number of ether oxygens (including phenoxy) is 2. The quantitative estimate of drug-likeness (QED) is 0.516. The zero-order chi connectivity index (χ0) is 20.5. The lowest BCUT2D eigenvalue weighted by molar-refractivity contribution is -0.120. The molecule has 0 radical (unpaired) electrons. The number of aryl methyl sites for hydroxylation is 2. The molecule has 1 N–H and O–H groups in total. The van der Waals surface area contributed by atoms with Crippen molar-refractivity contribution >= 4 is 17.8 Å². The summed E-state index contributed by atoms with van der Waals surface area (Å²) in [6.45, 7) is 7.76. The Morgan fingerprint density at radius 3 is 2.68 bits per heavy atom. The van der Waals surface area contributed by atoms with Crippen molar-refractivity contribution in [2.45, 2.75) is 40.2 Å². The van der Waals surface area contributed by atoms with Crippen molar-refractivity contribution in [1.29, 1.82) is 0 Å². The van der Waals surface area contributed by atoms with Crippen molar-refractivity contribution in [3.8, 4) is 11.5 Å². The summed E-state index contributed by atoms with van der Waals surface area (Å²) < 4.78 is 11.0. The van der Waals surface area contributed by atoms with Crippen LogP contribution >= 0.6 is 0 Å². The van der Waals surface area contributed by atoms with Crippen LogP contribution in [-0.4, -0.2) is 31.9 Å². The van der Waals surface area contributed by atoms with E-state index in [1.54, 1.807) is 13.2 Å². The predicted octanol–water partition coefficient (Wildman–Crippen LogP) is 4.34. The number of anilines is 1. The van der Waals surface area contributed by atoms with Gasteiger partial charge in [-0.2, -0.15) is 0 Å². The summed E-state index contributed by atoms with van der Waals surface area (Å²) in [5, 5.41) is 6.77. The van der Waals surface area contributed by atoms with E-state index in [1.165, 1.54) is 6.21 Å². The maximum absolute atomic E-state index is 12.1. The zero-order valence-corrected chi connectivity index (χ0v) is 17.1. The number of carbonyl (C=O) groups is 1. The number of carbonyl (C=O) groups excluding carboxylic acids is 1. The van der Waals surface area contributed by atoms with Gasteiger partial charge in [0.25, 0.3) is 5.91 Å². The van der Waals surface area contributed by atoms with E-state index in [9.17, 15) is 4.79 Å². The maximum atomic E-state index is 12.1. The van der Waals surface area contributed by atoms with Gasteiger partial charge in [-0.25, -0.2) is 0 Å². The molecule has 6 nitrogen and oxygen atoms in total. The van der Waals surface area contributed by atoms with Crippen molar-refractivity contribution in [2.75, 3.05) is 19.0 Å². The largest absolute Gasteiger partial charge is 0.493 e. The second-order valence-corrected chi connectivity index (χ2v) is 6.60. The molecule has 28 heavy (non-hydrogen) atoms. The molecule has 2 aromatic rings. The van der Waals surface area contributed by atoms with E-state index in [4.69, 9.17) is 14.3 Å². The van der Waals surface area contributed by atoms with Crippen LogP contribution in [0, 0.1) is 6.92 Å². The van der Waals surface area contributed by atoms with E-state index in [0.29, 0.717) is 11.5 Å². The molecular weight excluding hydrogens is 356 g/mol. The third-order valence-electron chi connectivity index (χ3n) is 4.03. The molecule has 0 unspecified atom stereocenters. The van der Waals surface area contributed by atoms with Crippen LogP contribution in [0.3, 0.4) is 0 Å². The molecule has 150 valence electrons. The first-order chi connectivity index (χ1) is 13.4. The second-order valence-electron chi connectivity index (χ2n) is 6.60. The molecule has 0 atom stereocenters. The summed E-state index contributed by atoms with van der Waals surface area (Å²) in [4.78, 5) is 17.3. The Bertz CT molecular complexity index is 831. The Balaban J connectivity index is 1.92. The average molecular weight is 384 g/mol. The topological polar surface area (TPSA) is 69.2 Å². The van der Waals surface area contributed by atoms with E-state index >= 15 is 0 Å². The van der Waals surface area contributed by atoms with Gasteiger partial charge in [-0.15, -0.1) is 0 Å². The van der Waals surface area contributed by atoms with E-state index in [-0.39, 0.29) is 18.6 Å². The number of para-hydroxylation sites is 1. The van der Waals surface area contributed by atoms with Crippen LogP contribution in [-0.2, 0) is 16.1 Å². The normalized spacial score (nSPS) is 10.9. The van der Waals surface area contributed by atoms with Crippen molar-refractivity contribution in [3.63, 3.8) is 0 Å². The minimum Gasteiger partial charge on any atom is -0.493 e. The summed E-state index contributed by atoms with van der Waals surface area (Å²) in [5.74, 6) is 1.03. The van der Waals surface area contributed by atoms with Crippen LogP contribution in [0.1, 0.15) is 37.5 Å². The highest BCUT2D eigenvalue weighted by molar-refractivity contribution is 5.93. The van der Waals surface area contributed by atoms with Crippen LogP contribution < -0.4 is 14.8 Å². The van der Waals surface area contributed by atoms with Crippen LogP contribution in [0.5, 0.6) is 11.5 Å². The molecule has 0 aliphatic carbocycles. The molecule has 0 aliphatic heterocycles. The monoisotopic (exact) mass is 384 g/mol. The molecule has 2 aromatic carbocycles. The Morgan fingerprint density at radius 2 is 2.00 bits per heavy atom. The molecule has 0 aliphatic rings. The molecule has 0 spiro atoms. The number of oxime groups is 1. The van der Waals surface area contributed by atoms with Crippen LogP contribution in [0.15, 0.2) is 41.6 Å². The minimum absolute atomic E-state index is 0.0525. The van der Waals surface area contributed by atoms with E-state index in [2.05, 4.69) is 17.4 Å². The number of hydrogen-bond donors (Lipinski definition) is 1. The fraction of sp³-hybridized carbons (Fsp3) is 0.364. The Hall–Kier alpha value is -3.02. The van der Waals surface area contributed by atoms with E-state index in [1.807, 2.05) is 51.1 Å². The predicted molar refractivity (Wildman–Crippen MR) is 111 cm³/mol. The van der Waals surface area contributed by atoms with Crippen LogP contribution in [0.4, 0.5) is 5.69 Å². The van der Waals surface area contributed by atoms with Crippen LogP contribution in [0.25, 0.3) is 0 Å². The summed E-state index contributed by atoms with van der Waals surface area (Å²) in [5.41, 5.74) is 3.73. The van der Waals surface area contributed by atoms with Crippen molar-refractivity contribution < 1.29 is 19.1 Å². The Kier molecular flexibility index (Phi) is 7.87. The summed E-state index contributed by atoms with van der Waals surface area (Å²) in [7, 11) is 1.58. The number of benzene rings is 2. The summed E-state index contributed by atoms with van der Waals surface area (Å²) in [6.07, 6.45) is 2.42. The fourth-order valence-electron chi connectivity index (χ4n) is 2.69. The van der Waals surface area contributed by atoms with Gasteiger partial charge in [-0.1, -0.05) is 30.3 Å². The highest BCUT2D eigenvalue weighted by Crippen LogP contribution is 2.28. The van der Waals surface area contributed by atoms with E-state index in [0.717, 1.165) is 28.8 Å². The van der Waals surface area contributed by atoms with Gasteiger partial charge in [-0.05, 0) is 56.5 Å². The first-order valence-electron chi connectivity index (χ1n) is 9.33. The van der Waals surface area contributed by atoms with Crippen LogP contribution in [0.2, 0.25) is 0 Å². The smallest absolute Gasteiger partial charge is 0.265 e. The molecule has 0 saturated carbocycles. The molecular formula is C22H28N2O4. The van der Waals surface area contributed by atoms with Crippen molar-refractivity contribution in [2.24, 2.45) is 5.16 Å². The van der Waals surface area contributed by atoms with Gasteiger partial charge in [-0.3, -0.25) is 4.79 Å². The highest BCUT2D eigenvalue weighted by Gasteiger charge is 2.09. The number of hydrogen-bond acceptors (Lipinski definition) is 5. The second kappa shape index (κ2) is 10.3. The lowest BCUT2D eigenvalue weighted by atomic mass is 10.1.